The third kappa shape index (κ3) is 5.53. The Balaban J connectivity index is 1.37. The lowest BCUT2D eigenvalue weighted by atomic mass is 10.1. The minimum atomic E-state index is -4.25. The zero-order valence-corrected chi connectivity index (χ0v) is 21.2. The van der Waals surface area contributed by atoms with Gasteiger partial charge in [-0.3, -0.25) is 15.0 Å². The van der Waals surface area contributed by atoms with E-state index in [1.807, 2.05) is 29.2 Å². The molecule has 0 bridgehead atoms. The topological polar surface area (TPSA) is 115 Å². The van der Waals surface area contributed by atoms with Gasteiger partial charge in [0.05, 0.1) is 9.82 Å². The fourth-order valence-corrected chi connectivity index (χ4v) is 5.50. The number of halogens is 1. The van der Waals surface area contributed by atoms with Gasteiger partial charge in [0.2, 0.25) is 6.79 Å². The van der Waals surface area contributed by atoms with Crippen LogP contribution in [0.5, 0.6) is 11.5 Å². The molecule has 0 radical (unpaired) electrons. The van der Waals surface area contributed by atoms with Gasteiger partial charge in [-0.1, -0.05) is 48.0 Å². The van der Waals surface area contributed by atoms with Crippen molar-refractivity contribution in [2.45, 2.75) is 11.4 Å². The molecule has 0 N–H and O–H groups in total. The Labute approximate surface area is 218 Å². The van der Waals surface area contributed by atoms with Gasteiger partial charge in [0.15, 0.2) is 11.5 Å². The lowest BCUT2D eigenvalue weighted by Crippen LogP contribution is -2.48. The molecule has 5 rings (SSSR count). The molecule has 192 valence electrons. The lowest BCUT2D eigenvalue weighted by Gasteiger charge is -2.36. The Morgan fingerprint density at radius 3 is 2.43 bits per heavy atom. The third-order valence-electron chi connectivity index (χ3n) is 6.17. The van der Waals surface area contributed by atoms with Crippen molar-refractivity contribution in [1.29, 1.82) is 0 Å². The predicted octanol–water partition coefficient (Wildman–Crippen LogP) is 3.93. The predicted molar refractivity (Wildman–Crippen MR) is 138 cm³/mol. The zero-order valence-electron chi connectivity index (χ0n) is 19.6. The highest BCUT2D eigenvalue weighted by Gasteiger charge is 2.26. The minimum absolute atomic E-state index is 0.144. The van der Waals surface area contributed by atoms with Crippen LogP contribution in [0.25, 0.3) is 0 Å². The lowest BCUT2D eigenvalue weighted by molar-refractivity contribution is -0.384. The molecule has 0 amide bonds. The van der Waals surface area contributed by atoms with Crippen molar-refractivity contribution in [2.75, 3.05) is 33.0 Å². The van der Waals surface area contributed by atoms with Gasteiger partial charge < -0.3 is 14.4 Å². The molecule has 0 unspecified atom stereocenters. The largest absolute Gasteiger partial charge is 0.454 e. The Kier molecular flexibility index (Phi) is 7.00. The summed E-state index contributed by atoms with van der Waals surface area (Å²) < 4.78 is 41.5. The molecule has 0 saturated carbocycles. The van der Waals surface area contributed by atoms with Crippen LogP contribution in [-0.4, -0.2) is 61.9 Å². The van der Waals surface area contributed by atoms with E-state index in [-0.39, 0.29) is 16.7 Å². The van der Waals surface area contributed by atoms with Crippen LogP contribution in [0.4, 0.5) is 5.69 Å². The van der Waals surface area contributed by atoms with E-state index in [0.29, 0.717) is 37.6 Å². The average molecular weight is 543 g/mol. The molecule has 3 aromatic carbocycles. The van der Waals surface area contributed by atoms with E-state index in [4.69, 9.17) is 21.1 Å². The molecule has 1 fully saturated rings. The van der Waals surface area contributed by atoms with Gasteiger partial charge in [-0.2, -0.15) is 8.42 Å². The number of fused-ring (bicyclic) bond motifs is 1. The van der Waals surface area contributed by atoms with Crippen molar-refractivity contribution in [3.8, 4) is 11.5 Å². The number of nitrogens with zero attached hydrogens (tertiary/aromatic N) is 4. The van der Waals surface area contributed by atoms with Crippen LogP contribution in [0.1, 0.15) is 11.1 Å². The maximum atomic E-state index is 13.2. The van der Waals surface area contributed by atoms with Gasteiger partial charge in [-0.25, -0.2) is 0 Å². The Hall–Kier alpha value is -3.67. The first kappa shape index (κ1) is 25.0. The molecule has 12 heteroatoms. The van der Waals surface area contributed by atoms with Crippen LogP contribution >= 0.6 is 11.6 Å². The van der Waals surface area contributed by atoms with E-state index in [1.165, 1.54) is 12.1 Å². The van der Waals surface area contributed by atoms with E-state index >= 15 is 0 Å². The van der Waals surface area contributed by atoms with Crippen molar-refractivity contribution >= 4 is 33.1 Å². The molecule has 3 aromatic rings. The zero-order chi connectivity index (χ0) is 26.0. The van der Waals surface area contributed by atoms with Crippen LogP contribution in [0.15, 0.2) is 76.0 Å². The van der Waals surface area contributed by atoms with E-state index < -0.39 is 20.6 Å². The van der Waals surface area contributed by atoms with Crippen molar-refractivity contribution in [1.82, 2.24) is 9.80 Å². The van der Waals surface area contributed by atoms with E-state index in [2.05, 4.69) is 9.30 Å². The normalized spacial score (nSPS) is 16.1. The summed E-state index contributed by atoms with van der Waals surface area (Å²) in [5.74, 6) is 1.77. The fourth-order valence-electron chi connectivity index (χ4n) is 4.25. The molecular weight excluding hydrogens is 520 g/mol. The van der Waals surface area contributed by atoms with Crippen molar-refractivity contribution in [2.24, 2.45) is 4.40 Å². The molecule has 2 aliphatic heterocycles. The average Bonchev–Trinajstić information content (AvgIpc) is 3.36. The van der Waals surface area contributed by atoms with Crippen LogP contribution in [0, 0.1) is 10.1 Å². The minimum Gasteiger partial charge on any atom is -0.454 e. The van der Waals surface area contributed by atoms with E-state index in [1.54, 1.807) is 24.3 Å². The van der Waals surface area contributed by atoms with Crippen LogP contribution in [-0.2, 0) is 16.6 Å². The van der Waals surface area contributed by atoms with Crippen molar-refractivity contribution < 1.29 is 22.8 Å². The van der Waals surface area contributed by atoms with Gasteiger partial charge in [0, 0.05) is 44.4 Å². The fraction of sp³-hybridized carbons (Fsp3) is 0.240. The van der Waals surface area contributed by atoms with Crippen molar-refractivity contribution in [3.63, 3.8) is 0 Å². The molecule has 0 spiro atoms. The van der Waals surface area contributed by atoms with Gasteiger partial charge in [0.1, 0.15) is 10.9 Å². The molecule has 2 aliphatic rings. The number of amidine groups is 1. The van der Waals surface area contributed by atoms with Gasteiger partial charge >= 0.3 is 0 Å². The second-order valence-electron chi connectivity index (χ2n) is 8.58. The maximum absolute atomic E-state index is 13.2. The highest BCUT2D eigenvalue weighted by molar-refractivity contribution is 7.90. The summed E-state index contributed by atoms with van der Waals surface area (Å²) in [4.78, 5) is 14.5. The van der Waals surface area contributed by atoms with Gasteiger partial charge in [0.25, 0.3) is 15.7 Å². The summed E-state index contributed by atoms with van der Waals surface area (Å²) in [5, 5.41) is 11.1. The van der Waals surface area contributed by atoms with E-state index in [0.717, 1.165) is 29.7 Å². The number of hydrogen-bond acceptors (Lipinski definition) is 7. The Bertz CT molecular complexity index is 1460. The molecular formula is C25H23ClN4O6S. The number of ether oxygens (including phenoxy) is 2. The standard InChI is InChI=1S/C25H23ClN4O6S/c26-21-8-7-20(15-22(21)30(31)32)37(33,34)27-25(19-4-2-1-3-5-19)29-12-10-28(11-13-29)16-18-6-9-23-24(14-18)36-17-35-23/h1-9,14-15H,10-13,16-17H2. The first-order valence-electron chi connectivity index (χ1n) is 11.5. The van der Waals surface area contributed by atoms with Gasteiger partial charge in [-0.05, 0) is 29.8 Å². The summed E-state index contributed by atoms with van der Waals surface area (Å²) >= 11 is 5.87. The molecule has 0 atom stereocenters. The molecule has 0 aromatic heterocycles. The molecule has 37 heavy (non-hydrogen) atoms. The maximum Gasteiger partial charge on any atom is 0.289 e. The monoisotopic (exact) mass is 542 g/mol. The second-order valence-corrected chi connectivity index (χ2v) is 10.6. The Morgan fingerprint density at radius 1 is 0.973 bits per heavy atom. The van der Waals surface area contributed by atoms with Crippen molar-refractivity contribution in [3.05, 3.63) is 93.0 Å². The molecule has 10 nitrogen and oxygen atoms in total. The first-order valence-corrected chi connectivity index (χ1v) is 13.3. The smallest absolute Gasteiger partial charge is 0.289 e. The molecule has 2 heterocycles. The van der Waals surface area contributed by atoms with E-state index in [9.17, 15) is 18.5 Å². The summed E-state index contributed by atoms with van der Waals surface area (Å²) in [5.41, 5.74) is 1.25. The van der Waals surface area contributed by atoms with Gasteiger partial charge in [-0.15, -0.1) is 4.40 Å². The summed E-state index contributed by atoms with van der Waals surface area (Å²) in [6.07, 6.45) is 0. The van der Waals surface area contributed by atoms with Crippen LogP contribution in [0.2, 0.25) is 5.02 Å². The summed E-state index contributed by atoms with van der Waals surface area (Å²) in [7, 11) is -4.25. The van der Waals surface area contributed by atoms with Crippen LogP contribution < -0.4 is 9.47 Å². The highest BCUT2D eigenvalue weighted by Crippen LogP contribution is 2.33. The molecule has 1 saturated heterocycles. The highest BCUT2D eigenvalue weighted by atomic mass is 35.5. The number of nitro groups is 1. The number of piperazine rings is 1. The number of sulfonamides is 1. The van der Waals surface area contributed by atoms with Crippen LogP contribution in [0.3, 0.4) is 0 Å². The molecule has 0 aliphatic carbocycles. The second kappa shape index (κ2) is 10.4. The quantitative estimate of drug-likeness (QED) is 0.199. The number of benzene rings is 3. The first-order chi connectivity index (χ1) is 17.8. The number of rotatable bonds is 6. The number of nitro benzene ring substituents is 1. The summed E-state index contributed by atoms with van der Waals surface area (Å²) in [6, 6.07) is 18.3. The SMILES string of the molecule is O=[N+]([O-])c1cc(S(=O)(=O)N=C(c2ccccc2)N2CCN(Cc3ccc4c(c3)OCO4)CC2)ccc1Cl. The Morgan fingerprint density at radius 2 is 1.70 bits per heavy atom. The number of hydrogen-bond donors (Lipinski definition) is 0. The summed E-state index contributed by atoms with van der Waals surface area (Å²) in [6.45, 7) is 3.42. The third-order valence-corrected chi connectivity index (χ3v) is 7.75.